The van der Waals surface area contributed by atoms with E-state index in [2.05, 4.69) is 10.2 Å². The minimum absolute atomic E-state index is 0.673. The molecule has 1 aliphatic heterocycles. The third-order valence-corrected chi connectivity index (χ3v) is 3.21. The van der Waals surface area contributed by atoms with Gasteiger partial charge in [-0.25, -0.2) is 0 Å². The van der Waals surface area contributed by atoms with Crippen molar-refractivity contribution >= 4 is 34.6 Å². The van der Waals surface area contributed by atoms with Gasteiger partial charge in [-0.1, -0.05) is 35.3 Å². The fourth-order valence-corrected chi connectivity index (χ4v) is 2.20. The van der Waals surface area contributed by atoms with Gasteiger partial charge in [-0.3, -0.25) is 0 Å². The summed E-state index contributed by atoms with van der Waals surface area (Å²) < 4.78 is 0. The van der Waals surface area contributed by atoms with Gasteiger partial charge in [0.1, 0.15) is 0 Å². The van der Waals surface area contributed by atoms with Crippen LogP contribution in [0.3, 0.4) is 0 Å². The molecule has 0 N–H and O–H groups in total. The van der Waals surface area contributed by atoms with Crippen molar-refractivity contribution in [1.29, 1.82) is 0 Å². The average molecular weight is 263 g/mol. The van der Waals surface area contributed by atoms with E-state index in [1.165, 1.54) is 0 Å². The van der Waals surface area contributed by atoms with Crippen LogP contribution in [0, 0.1) is 0 Å². The number of azo groups is 1. The van der Waals surface area contributed by atoms with Crippen LogP contribution in [0.1, 0.15) is 11.1 Å². The molecule has 0 amide bonds. The van der Waals surface area contributed by atoms with Gasteiger partial charge in [-0.15, -0.1) is 0 Å². The molecule has 0 fully saturated rings. The second kappa shape index (κ2) is 4.13. The van der Waals surface area contributed by atoms with Gasteiger partial charge >= 0.3 is 0 Å². The highest BCUT2D eigenvalue weighted by Gasteiger charge is 2.12. The van der Waals surface area contributed by atoms with E-state index in [9.17, 15) is 0 Å². The number of rotatable bonds is 0. The molecule has 2 aromatic carbocycles. The van der Waals surface area contributed by atoms with Crippen molar-refractivity contribution in [3.63, 3.8) is 0 Å². The molecule has 4 heteroatoms. The van der Waals surface area contributed by atoms with E-state index in [4.69, 9.17) is 23.2 Å². The molecule has 2 aromatic rings. The Morgan fingerprint density at radius 3 is 1.71 bits per heavy atom. The Hall–Kier alpha value is -1.38. The van der Waals surface area contributed by atoms with Gasteiger partial charge in [0.05, 0.1) is 11.4 Å². The Kier molecular flexibility index (Phi) is 2.61. The molecule has 0 unspecified atom stereocenters. The van der Waals surface area contributed by atoms with Gasteiger partial charge in [0, 0.05) is 16.5 Å². The molecule has 0 saturated carbocycles. The first-order valence-corrected chi connectivity index (χ1v) is 5.96. The van der Waals surface area contributed by atoms with E-state index >= 15 is 0 Å². The molecule has 2 nitrogen and oxygen atoms in total. The maximum Gasteiger partial charge on any atom is 0.0907 e. The van der Waals surface area contributed by atoms with Crippen LogP contribution in [0.2, 0.25) is 10.0 Å². The van der Waals surface area contributed by atoms with E-state index in [-0.39, 0.29) is 0 Å². The molecule has 0 atom stereocenters. The summed E-state index contributed by atoms with van der Waals surface area (Å²) in [4.78, 5) is 0. The minimum Gasteiger partial charge on any atom is -0.150 e. The fourth-order valence-electron chi connectivity index (χ4n) is 1.87. The van der Waals surface area contributed by atoms with Crippen molar-refractivity contribution in [2.45, 2.75) is 6.42 Å². The first-order chi connectivity index (χ1) is 8.22. The Morgan fingerprint density at radius 1 is 0.765 bits per heavy atom. The Bertz CT molecular complexity index is 567. The van der Waals surface area contributed by atoms with Crippen LogP contribution >= 0.6 is 23.2 Å². The zero-order valence-corrected chi connectivity index (χ0v) is 10.3. The normalized spacial score (nSPS) is 12.8. The molecule has 3 rings (SSSR count). The smallest absolute Gasteiger partial charge is 0.0907 e. The summed E-state index contributed by atoms with van der Waals surface area (Å²) in [6, 6.07) is 11.4. The highest BCUT2D eigenvalue weighted by molar-refractivity contribution is 6.31. The lowest BCUT2D eigenvalue weighted by Gasteiger charge is -2.04. The summed E-state index contributed by atoms with van der Waals surface area (Å²) in [6.07, 6.45) is 0.798. The standard InChI is InChI=1S/C13H8Cl2N2/c14-10-3-1-8-5-9-2-4-11(15)7-13(9)17-16-12(8)6-10/h1-4,6-7H,5H2. The highest BCUT2D eigenvalue weighted by Crippen LogP contribution is 2.35. The van der Waals surface area contributed by atoms with Crippen molar-refractivity contribution in [3.8, 4) is 0 Å². The Morgan fingerprint density at radius 2 is 1.24 bits per heavy atom. The lowest BCUT2D eigenvalue weighted by atomic mass is 10.0. The molecule has 1 heterocycles. The molecule has 0 spiro atoms. The first-order valence-electron chi connectivity index (χ1n) is 5.21. The molecule has 0 aliphatic carbocycles. The summed E-state index contributed by atoms with van der Waals surface area (Å²) in [5.41, 5.74) is 3.90. The third-order valence-electron chi connectivity index (χ3n) is 2.74. The van der Waals surface area contributed by atoms with Crippen LogP contribution in [-0.4, -0.2) is 0 Å². The van der Waals surface area contributed by atoms with Crippen LogP contribution < -0.4 is 0 Å². The molecular formula is C13H8Cl2N2. The quantitative estimate of drug-likeness (QED) is 0.524. The number of nitrogens with zero attached hydrogens (tertiary/aromatic N) is 2. The number of fused-ring (bicyclic) bond motifs is 2. The van der Waals surface area contributed by atoms with Crippen LogP contribution in [0.25, 0.3) is 0 Å². The topological polar surface area (TPSA) is 24.7 Å². The maximum atomic E-state index is 5.94. The lowest BCUT2D eigenvalue weighted by molar-refractivity contribution is 1.21. The molecular weight excluding hydrogens is 255 g/mol. The average Bonchev–Trinajstić information content (AvgIpc) is 2.48. The van der Waals surface area contributed by atoms with Gasteiger partial charge in [-0.2, -0.15) is 10.2 Å². The number of hydrogen-bond acceptors (Lipinski definition) is 2. The molecule has 0 radical (unpaired) electrons. The van der Waals surface area contributed by atoms with Crippen LogP contribution in [0.15, 0.2) is 46.6 Å². The highest BCUT2D eigenvalue weighted by atomic mass is 35.5. The van der Waals surface area contributed by atoms with Crippen molar-refractivity contribution < 1.29 is 0 Å². The number of benzene rings is 2. The van der Waals surface area contributed by atoms with E-state index in [1.54, 1.807) is 0 Å². The van der Waals surface area contributed by atoms with E-state index in [0.29, 0.717) is 10.0 Å². The van der Waals surface area contributed by atoms with E-state index in [1.807, 2.05) is 36.4 Å². The van der Waals surface area contributed by atoms with E-state index < -0.39 is 0 Å². The van der Waals surface area contributed by atoms with Gasteiger partial charge < -0.3 is 0 Å². The SMILES string of the molecule is Clc1ccc2c(c1)N=Nc1cc(Cl)ccc1C2. The van der Waals surface area contributed by atoms with Crippen molar-refractivity contribution in [2.24, 2.45) is 10.2 Å². The summed E-state index contributed by atoms with van der Waals surface area (Å²) in [5, 5.41) is 9.77. The van der Waals surface area contributed by atoms with Gasteiger partial charge in [0.2, 0.25) is 0 Å². The summed E-state index contributed by atoms with van der Waals surface area (Å²) in [6.45, 7) is 0. The Balaban J connectivity index is 2.16. The zero-order valence-electron chi connectivity index (χ0n) is 8.82. The Labute approximate surface area is 109 Å². The maximum absolute atomic E-state index is 5.94. The van der Waals surface area contributed by atoms with Gasteiger partial charge in [0.15, 0.2) is 0 Å². The summed E-state index contributed by atoms with van der Waals surface area (Å²) in [5.74, 6) is 0. The first kappa shape index (κ1) is 10.8. The largest absolute Gasteiger partial charge is 0.150 e. The fraction of sp³-hybridized carbons (Fsp3) is 0.0769. The van der Waals surface area contributed by atoms with Crippen LogP contribution in [0.5, 0.6) is 0 Å². The van der Waals surface area contributed by atoms with Crippen LogP contribution in [0.4, 0.5) is 11.4 Å². The van der Waals surface area contributed by atoms with Crippen molar-refractivity contribution in [3.05, 3.63) is 57.6 Å². The second-order valence-corrected chi connectivity index (χ2v) is 4.80. The summed E-state index contributed by atoms with van der Waals surface area (Å²) in [7, 11) is 0. The van der Waals surface area contributed by atoms with Crippen LogP contribution in [-0.2, 0) is 6.42 Å². The number of hydrogen-bond donors (Lipinski definition) is 0. The monoisotopic (exact) mass is 262 g/mol. The summed E-state index contributed by atoms with van der Waals surface area (Å²) >= 11 is 11.9. The lowest BCUT2D eigenvalue weighted by Crippen LogP contribution is -1.87. The predicted octanol–water partition coefficient (Wildman–Crippen LogP) is 5.31. The molecule has 0 saturated heterocycles. The van der Waals surface area contributed by atoms with Crippen molar-refractivity contribution in [2.75, 3.05) is 0 Å². The molecule has 17 heavy (non-hydrogen) atoms. The van der Waals surface area contributed by atoms with Gasteiger partial charge in [0.25, 0.3) is 0 Å². The zero-order chi connectivity index (χ0) is 11.8. The molecule has 1 aliphatic rings. The molecule has 0 bridgehead atoms. The number of halogens is 2. The van der Waals surface area contributed by atoms with E-state index in [0.717, 1.165) is 28.9 Å². The van der Waals surface area contributed by atoms with Crippen molar-refractivity contribution in [1.82, 2.24) is 0 Å². The molecule has 84 valence electrons. The third kappa shape index (κ3) is 2.06. The minimum atomic E-state index is 0.673. The molecule has 0 aromatic heterocycles. The predicted molar refractivity (Wildman–Crippen MR) is 69.9 cm³/mol. The van der Waals surface area contributed by atoms with Gasteiger partial charge in [-0.05, 0) is 35.4 Å². The second-order valence-electron chi connectivity index (χ2n) is 3.92.